The van der Waals surface area contributed by atoms with Crippen molar-refractivity contribution in [2.24, 2.45) is 51.0 Å². The largest absolute Gasteiger partial charge is 0.370 e. The molecule has 22 N–H and O–H groups in total. The van der Waals surface area contributed by atoms with Crippen molar-refractivity contribution in [2.45, 2.75) is 183 Å². The quantitative estimate of drug-likeness (QED) is 0.0173. The van der Waals surface area contributed by atoms with E-state index in [1.807, 2.05) is 20.1 Å². The molecule has 2 heterocycles. The van der Waals surface area contributed by atoms with E-state index in [0.717, 1.165) is 0 Å². The number of rotatable bonds is 42. The lowest BCUT2D eigenvalue weighted by Crippen LogP contribution is -2.60. The standard InChI is InChI=1S/C63H98N18O13S/c1-37(2)33-45(57(89)74-41(53(68)85)27-32-95-3)73-52(84)36-72-54(86)46(34-38-15-6-4-7-16-38)78-58(90)47(35-39-17-8-5-9-18-39)79-56(88)42(23-25-50(66)82)75-55(87)43(24-26-51(67)83)76-59(91)49-22-14-31-81(49)62(94)44(20-10-11-28-64)77-60(92)48-21-13-30-80(48)61(93)40(65)19-12-29-71-63(69)70/h4-9,15-18,37,40-49H,10-14,19-36,64-65H2,1-3H3,(H2,66,82)(H2,67,83)(H2,68,85)(H,72,86)(H,73,84)(H,74,89)(H,75,87)(H,76,91)(H,77,92)(H,78,90)(H,79,88)(H4,69,70,71)/t40-,41+,42+,43+,44-,45-,46-,47+,48+,49-/m1/s1. The zero-order valence-electron chi connectivity index (χ0n) is 54.5. The number of unbranched alkanes of at least 4 members (excludes halogenated alkanes) is 1. The molecule has 0 radical (unpaired) electrons. The summed E-state index contributed by atoms with van der Waals surface area (Å²) >= 11 is 1.45. The minimum Gasteiger partial charge on any atom is -0.370 e. The average molecular weight is 1350 g/mol. The van der Waals surface area contributed by atoms with Crippen LogP contribution in [0.4, 0.5) is 0 Å². The molecule has 32 heteroatoms. The summed E-state index contributed by atoms with van der Waals surface area (Å²) in [7, 11) is 0. The van der Waals surface area contributed by atoms with Gasteiger partial charge in [-0.3, -0.25) is 67.3 Å². The van der Waals surface area contributed by atoms with E-state index in [4.69, 9.17) is 40.1 Å². The number of hydrogen-bond acceptors (Lipinski definition) is 17. The van der Waals surface area contributed by atoms with Crippen LogP contribution in [-0.4, -0.2) is 198 Å². The number of benzene rings is 2. The number of hydrogen-bond donors (Lipinski definition) is 15. The Morgan fingerprint density at radius 3 is 1.51 bits per heavy atom. The van der Waals surface area contributed by atoms with Crippen molar-refractivity contribution < 1.29 is 62.3 Å². The number of primary amides is 3. The van der Waals surface area contributed by atoms with Crippen LogP contribution in [0.25, 0.3) is 0 Å². The molecule has 0 unspecified atom stereocenters. The van der Waals surface area contributed by atoms with Crippen LogP contribution in [0.3, 0.4) is 0 Å². The number of nitrogens with one attached hydrogen (secondary N) is 8. The van der Waals surface area contributed by atoms with E-state index in [1.54, 1.807) is 60.7 Å². The Morgan fingerprint density at radius 2 is 1.01 bits per heavy atom. The van der Waals surface area contributed by atoms with Gasteiger partial charge in [-0.2, -0.15) is 11.8 Å². The molecule has 0 saturated carbocycles. The fourth-order valence-corrected chi connectivity index (χ4v) is 11.5. The lowest BCUT2D eigenvalue weighted by Gasteiger charge is -2.32. The zero-order valence-corrected chi connectivity index (χ0v) is 55.3. The molecule has 524 valence electrons. The molecule has 4 rings (SSSR count). The molecule has 13 amide bonds. The fourth-order valence-electron chi connectivity index (χ4n) is 11.0. The van der Waals surface area contributed by atoms with Crippen LogP contribution in [0.1, 0.15) is 121 Å². The van der Waals surface area contributed by atoms with E-state index < -0.39 is 169 Å². The summed E-state index contributed by atoms with van der Waals surface area (Å²) in [4.78, 5) is 185. The number of guanidine groups is 1. The molecule has 0 spiro atoms. The van der Waals surface area contributed by atoms with Gasteiger partial charge in [-0.15, -0.1) is 0 Å². The first-order valence-electron chi connectivity index (χ1n) is 32.2. The van der Waals surface area contributed by atoms with Gasteiger partial charge in [0, 0.05) is 45.3 Å². The van der Waals surface area contributed by atoms with E-state index in [0.29, 0.717) is 55.4 Å². The Morgan fingerprint density at radius 1 is 0.537 bits per heavy atom. The highest BCUT2D eigenvalue weighted by Gasteiger charge is 2.42. The summed E-state index contributed by atoms with van der Waals surface area (Å²) in [5, 5.41) is 21.1. The van der Waals surface area contributed by atoms with Gasteiger partial charge in [-0.05, 0) is 119 Å². The lowest BCUT2D eigenvalue weighted by atomic mass is 10.0. The molecule has 95 heavy (non-hydrogen) atoms. The van der Waals surface area contributed by atoms with Gasteiger partial charge >= 0.3 is 0 Å². The number of likely N-dealkylation sites (tertiary alicyclic amines) is 2. The number of carbonyl (C=O) groups excluding carboxylic acids is 13. The van der Waals surface area contributed by atoms with Gasteiger partial charge in [0.25, 0.3) is 0 Å². The van der Waals surface area contributed by atoms with Crippen LogP contribution in [-0.2, 0) is 75.2 Å². The normalized spacial score (nSPS) is 16.8. The fraction of sp³-hybridized carbons (Fsp3) is 0.587. The van der Waals surface area contributed by atoms with E-state index in [-0.39, 0.29) is 83.0 Å². The van der Waals surface area contributed by atoms with Crippen molar-refractivity contribution in [1.82, 2.24) is 52.3 Å². The molecule has 0 bridgehead atoms. The maximum Gasteiger partial charge on any atom is 0.245 e. The molecule has 2 fully saturated rings. The first kappa shape index (κ1) is 78.5. The molecule has 10 atom stereocenters. The van der Waals surface area contributed by atoms with Gasteiger partial charge in [-0.25, -0.2) is 0 Å². The van der Waals surface area contributed by atoms with Crippen molar-refractivity contribution in [1.29, 1.82) is 0 Å². The topological polar surface area (TPSA) is 519 Å². The average Bonchev–Trinajstić information content (AvgIpc) is 1.74. The summed E-state index contributed by atoms with van der Waals surface area (Å²) in [6.45, 7) is 3.86. The second-order valence-corrected chi connectivity index (χ2v) is 25.1. The first-order chi connectivity index (χ1) is 45.2. The van der Waals surface area contributed by atoms with Crippen LogP contribution < -0.4 is 82.7 Å². The molecule has 31 nitrogen and oxygen atoms in total. The smallest absolute Gasteiger partial charge is 0.245 e. The Balaban J connectivity index is 1.56. The van der Waals surface area contributed by atoms with Gasteiger partial charge in [0.05, 0.1) is 12.6 Å². The Labute approximate surface area is 558 Å². The monoisotopic (exact) mass is 1350 g/mol. The zero-order chi connectivity index (χ0) is 70.1. The highest BCUT2D eigenvalue weighted by molar-refractivity contribution is 7.98. The molecule has 2 aromatic rings. The summed E-state index contributed by atoms with van der Waals surface area (Å²) in [5.41, 5.74) is 40.6. The molecule has 0 aromatic heterocycles. The maximum absolute atomic E-state index is 14.7. The molecule has 2 aliphatic heterocycles. The second kappa shape index (κ2) is 41.0. The van der Waals surface area contributed by atoms with Crippen molar-refractivity contribution in [3.8, 4) is 0 Å². The third-order valence-electron chi connectivity index (χ3n) is 16.0. The predicted octanol–water partition coefficient (Wildman–Crippen LogP) is -3.71. The molecule has 0 aliphatic carbocycles. The SMILES string of the molecule is CSCC[C@H](NC(=O)[C@@H](CC(C)C)NC(=O)CNC(=O)[C@@H](Cc1ccccc1)NC(=O)[C@H](Cc1ccccc1)NC(=O)[C@H](CCC(N)=O)NC(=O)[C@H](CCC(N)=O)NC(=O)[C@H]1CCCN1C(=O)[C@@H](CCCCN)NC(=O)[C@@H]1CCCN1C(=O)[C@H](N)CCCN=C(N)N)C(N)=O. The Bertz CT molecular complexity index is 2960. The second-order valence-electron chi connectivity index (χ2n) is 24.1. The lowest BCUT2D eigenvalue weighted by molar-refractivity contribution is -0.144. The van der Waals surface area contributed by atoms with Gasteiger partial charge in [0.15, 0.2) is 5.96 Å². The van der Waals surface area contributed by atoms with Gasteiger partial charge < -0.3 is 92.5 Å². The van der Waals surface area contributed by atoms with Gasteiger partial charge in [-0.1, -0.05) is 74.5 Å². The summed E-state index contributed by atoms with van der Waals surface area (Å²) < 4.78 is 0. The third-order valence-corrected chi connectivity index (χ3v) is 16.7. The molecule has 2 aromatic carbocycles. The van der Waals surface area contributed by atoms with E-state index in [9.17, 15) is 62.3 Å². The number of nitrogens with zero attached hydrogens (tertiary/aromatic N) is 3. The van der Waals surface area contributed by atoms with E-state index in [2.05, 4.69) is 47.5 Å². The highest BCUT2D eigenvalue weighted by Crippen LogP contribution is 2.24. The van der Waals surface area contributed by atoms with Crippen molar-refractivity contribution in [3.63, 3.8) is 0 Å². The van der Waals surface area contributed by atoms with Crippen LogP contribution >= 0.6 is 11.8 Å². The molecule has 2 saturated heterocycles. The first-order valence-corrected chi connectivity index (χ1v) is 33.6. The predicted molar refractivity (Wildman–Crippen MR) is 356 cm³/mol. The third kappa shape index (κ3) is 27.5. The van der Waals surface area contributed by atoms with Gasteiger partial charge in [0.2, 0.25) is 76.8 Å². The number of carbonyl (C=O) groups is 13. The van der Waals surface area contributed by atoms with Crippen LogP contribution in [0.15, 0.2) is 65.7 Å². The van der Waals surface area contributed by atoms with Crippen LogP contribution in [0.2, 0.25) is 0 Å². The van der Waals surface area contributed by atoms with E-state index >= 15 is 0 Å². The number of nitrogens with two attached hydrogens (primary N) is 7. The van der Waals surface area contributed by atoms with Gasteiger partial charge in [0.1, 0.15) is 54.4 Å². The molecular weight excluding hydrogens is 1250 g/mol. The summed E-state index contributed by atoms with van der Waals surface area (Å²) in [5.74, 6) is -9.80. The van der Waals surface area contributed by atoms with Crippen LogP contribution in [0.5, 0.6) is 0 Å². The minimum atomic E-state index is -1.64. The summed E-state index contributed by atoms with van der Waals surface area (Å²) in [6, 6.07) is 4.51. The Hall–Kier alpha value is -8.91. The highest BCUT2D eigenvalue weighted by atomic mass is 32.2. The minimum absolute atomic E-state index is 0.0736. The number of amides is 13. The van der Waals surface area contributed by atoms with Crippen molar-refractivity contribution in [3.05, 3.63) is 71.8 Å². The maximum atomic E-state index is 14.7. The van der Waals surface area contributed by atoms with E-state index in [1.165, 1.54) is 21.6 Å². The number of aliphatic imine (C=N–C) groups is 1. The van der Waals surface area contributed by atoms with Crippen LogP contribution in [0, 0.1) is 5.92 Å². The Kier molecular flexibility index (Phi) is 33.9. The summed E-state index contributed by atoms with van der Waals surface area (Å²) in [6.07, 6.45) is 3.12. The number of thioether (sulfide) groups is 1. The van der Waals surface area contributed by atoms with Crippen molar-refractivity contribution in [2.75, 3.05) is 44.7 Å². The molecular formula is C63H98N18O13S. The molecule has 2 aliphatic rings. The van der Waals surface area contributed by atoms with Crippen molar-refractivity contribution >= 4 is 94.5 Å².